The molecule has 0 aromatic carbocycles. The second-order valence-corrected chi connectivity index (χ2v) is 9.05. The van der Waals surface area contributed by atoms with E-state index in [1.54, 1.807) is 0 Å². The number of hydrogen-bond donors (Lipinski definition) is 0. The zero-order valence-corrected chi connectivity index (χ0v) is 22.7. The molecule has 0 radical (unpaired) electrons. The van der Waals surface area contributed by atoms with Gasteiger partial charge in [-0.1, -0.05) is 0 Å². The van der Waals surface area contributed by atoms with Crippen LogP contribution in [0.25, 0.3) is 0 Å². The minimum Gasteiger partial charge on any atom is -0.822 e. The Bertz CT molecular complexity index is 316. The van der Waals surface area contributed by atoms with Gasteiger partial charge in [-0.25, -0.2) is 0 Å². The molecule has 0 aliphatic heterocycles. The van der Waals surface area contributed by atoms with Crippen LogP contribution >= 0.6 is 7.82 Å². The van der Waals surface area contributed by atoms with Crippen LogP contribution in [0.2, 0.25) is 0 Å². The van der Waals surface area contributed by atoms with Gasteiger partial charge in [0, 0.05) is 0 Å². The molecule has 0 atom stereocenters. The van der Waals surface area contributed by atoms with Crippen LogP contribution < -0.4 is 14.7 Å². The van der Waals surface area contributed by atoms with Crippen molar-refractivity contribution in [3.63, 3.8) is 0 Å². The number of hydrogen-bond acceptors (Lipinski definition) is 4. The molecule has 0 N–H and O–H groups in total. The van der Waals surface area contributed by atoms with Crippen LogP contribution in [0.3, 0.4) is 0 Å². The van der Waals surface area contributed by atoms with E-state index in [9.17, 15) is 0 Å². The summed E-state index contributed by atoms with van der Waals surface area (Å²) >= 11 is 0. The molecule has 0 rings (SSSR count). The lowest BCUT2D eigenvalue weighted by Gasteiger charge is -2.36. The molecule has 7 nitrogen and oxygen atoms in total. The SMILES string of the molecule is CC[N+](C)(CC)CC.CC[N+](C)(CC)CC.CC[N+](C)(CC)CC.O=P([O-])([O-])[O-]. The number of phosphoric acid groups is 1. The molecule has 8 heteroatoms. The van der Waals surface area contributed by atoms with Crippen LogP contribution in [0.1, 0.15) is 62.3 Å². The molecule has 29 heavy (non-hydrogen) atoms. The first-order valence-corrected chi connectivity index (χ1v) is 12.7. The maximum absolute atomic E-state index is 8.55. The van der Waals surface area contributed by atoms with Crippen molar-refractivity contribution in [1.82, 2.24) is 0 Å². The molecule has 0 spiro atoms. The Kier molecular flexibility index (Phi) is 23.5. The maximum atomic E-state index is 8.55. The van der Waals surface area contributed by atoms with Crippen molar-refractivity contribution < 1.29 is 32.7 Å². The molecule has 0 saturated carbocycles. The Morgan fingerprint density at radius 1 is 0.448 bits per heavy atom. The molecule has 0 fully saturated rings. The second-order valence-electron chi connectivity index (χ2n) is 8.15. The Morgan fingerprint density at radius 3 is 0.517 bits per heavy atom. The smallest absolute Gasteiger partial charge is 0.0755 e. The van der Waals surface area contributed by atoms with Gasteiger partial charge in [0.15, 0.2) is 0 Å². The normalized spacial score (nSPS) is 12.0. The average molecular weight is 444 g/mol. The molecule has 0 bridgehead atoms. The molecule has 0 aliphatic carbocycles. The van der Waals surface area contributed by atoms with Gasteiger partial charge in [0.2, 0.25) is 0 Å². The monoisotopic (exact) mass is 443 g/mol. The van der Waals surface area contributed by atoms with Crippen LogP contribution in [-0.4, -0.2) is 93.5 Å². The van der Waals surface area contributed by atoms with Gasteiger partial charge in [-0.05, 0) is 62.3 Å². The van der Waals surface area contributed by atoms with Crippen LogP contribution in [0.15, 0.2) is 0 Å². The third kappa shape index (κ3) is 26.0. The fourth-order valence-corrected chi connectivity index (χ4v) is 2.01. The maximum Gasteiger partial charge on any atom is 0.0755 e. The Labute approximate surface area is 183 Å². The fourth-order valence-electron chi connectivity index (χ4n) is 2.01. The second kappa shape index (κ2) is 18.7. The van der Waals surface area contributed by atoms with Gasteiger partial charge in [-0.2, -0.15) is 7.82 Å². The van der Waals surface area contributed by atoms with Crippen molar-refractivity contribution >= 4 is 7.82 Å². The first-order chi connectivity index (χ1) is 13.0. The molecule has 0 aliphatic rings. The highest BCUT2D eigenvalue weighted by atomic mass is 31.2. The van der Waals surface area contributed by atoms with Crippen molar-refractivity contribution in [3.05, 3.63) is 0 Å². The van der Waals surface area contributed by atoms with Gasteiger partial charge in [0.05, 0.1) is 80.0 Å². The number of rotatable bonds is 9. The van der Waals surface area contributed by atoms with Gasteiger partial charge < -0.3 is 32.7 Å². The summed E-state index contributed by atoms with van der Waals surface area (Å²) in [5.74, 6) is 0. The average Bonchev–Trinajstić information content (AvgIpc) is 2.71. The summed E-state index contributed by atoms with van der Waals surface area (Å²) in [5.41, 5.74) is 0. The summed E-state index contributed by atoms with van der Waals surface area (Å²) in [6.07, 6.45) is 0. The van der Waals surface area contributed by atoms with Gasteiger partial charge in [-0.3, -0.25) is 0 Å². The molecule has 0 saturated heterocycles. The summed E-state index contributed by atoms with van der Waals surface area (Å²) in [4.78, 5) is 25.6. The predicted octanol–water partition coefficient (Wildman–Crippen LogP) is 1.65. The molecule has 0 aromatic rings. The van der Waals surface area contributed by atoms with Gasteiger partial charge in [0.1, 0.15) is 0 Å². The van der Waals surface area contributed by atoms with Crippen molar-refractivity contribution in [2.45, 2.75) is 62.3 Å². The first-order valence-electron chi connectivity index (χ1n) is 11.3. The number of quaternary nitrogens is 3. The van der Waals surface area contributed by atoms with E-state index in [0.717, 1.165) is 0 Å². The predicted molar refractivity (Wildman–Crippen MR) is 121 cm³/mol. The minimum absolute atomic E-state index is 1.21. The van der Waals surface area contributed by atoms with Crippen LogP contribution in [0.5, 0.6) is 0 Å². The standard InChI is InChI=1S/3C7H18N.H3O4P/c3*1-5-8(4,6-2)7-3;1-5(2,3)4/h3*5-7H2,1-4H3;(H3,1,2,3,4)/q3*+1;/p-3. The third-order valence-electron chi connectivity index (χ3n) is 6.87. The molecule has 0 heterocycles. The van der Waals surface area contributed by atoms with Crippen LogP contribution in [0.4, 0.5) is 0 Å². The molecule has 0 unspecified atom stereocenters. The van der Waals surface area contributed by atoms with Crippen molar-refractivity contribution in [3.8, 4) is 0 Å². The highest BCUT2D eigenvalue weighted by Gasteiger charge is 2.12. The molecule has 182 valence electrons. The Balaban J connectivity index is -0.000000146. The van der Waals surface area contributed by atoms with Crippen LogP contribution in [-0.2, 0) is 4.57 Å². The molecule has 0 amide bonds. The van der Waals surface area contributed by atoms with E-state index in [4.69, 9.17) is 19.2 Å². The molecular weight excluding hydrogens is 389 g/mol. The quantitative estimate of drug-likeness (QED) is 0.401. The Hall–Kier alpha value is -0.0100. The third-order valence-corrected chi connectivity index (χ3v) is 6.87. The van der Waals surface area contributed by atoms with E-state index in [1.165, 1.54) is 72.4 Å². The molecular formula is C21H54N3O4P. The lowest BCUT2D eigenvalue weighted by atomic mass is 10.4. The number of nitrogens with zero attached hydrogens (tertiary/aromatic N) is 3. The van der Waals surface area contributed by atoms with Gasteiger partial charge >= 0.3 is 0 Å². The highest BCUT2D eigenvalue weighted by molar-refractivity contribution is 7.40. The van der Waals surface area contributed by atoms with Crippen LogP contribution in [0, 0.1) is 0 Å². The summed E-state index contributed by atoms with van der Waals surface area (Å²) in [5, 5.41) is 0. The first kappa shape index (κ1) is 36.4. The van der Waals surface area contributed by atoms with Gasteiger partial charge in [0.25, 0.3) is 0 Å². The summed E-state index contributed by atoms with van der Waals surface area (Å²) < 4.78 is 12.2. The van der Waals surface area contributed by atoms with E-state index in [-0.39, 0.29) is 0 Å². The fraction of sp³-hybridized carbons (Fsp3) is 1.00. The largest absolute Gasteiger partial charge is 0.822 e. The summed E-state index contributed by atoms with van der Waals surface area (Å²) in [6.45, 7) is 31.5. The highest BCUT2D eigenvalue weighted by Crippen LogP contribution is 2.03. The zero-order chi connectivity index (χ0) is 24.4. The van der Waals surface area contributed by atoms with E-state index in [0.29, 0.717) is 0 Å². The minimum atomic E-state index is -5.39. The topological polar surface area (TPSA) is 86.2 Å². The zero-order valence-electron chi connectivity index (χ0n) is 21.8. The van der Waals surface area contributed by atoms with E-state index < -0.39 is 7.82 Å². The van der Waals surface area contributed by atoms with Crippen molar-refractivity contribution in [2.24, 2.45) is 0 Å². The Morgan fingerprint density at radius 2 is 0.517 bits per heavy atom. The van der Waals surface area contributed by atoms with E-state index in [1.807, 2.05) is 0 Å². The van der Waals surface area contributed by atoms with Gasteiger partial charge in [-0.15, -0.1) is 0 Å². The summed E-state index contributed by atoms with van der Waals surface area (Å²) in [6, 6.07) is 0. The molecule has 0 aromatic heterocycles. The lowest BCUT2D eigenvalue weighted by molar-refractivity contribution is -0.904. The summed E-state index contributed by atoms with van der Waals surface area (Å²) in [7, 11) is 1.49. The lowest BCUT2D eigenvalue weighted by Crippen LogP contribution is -2.42. The van der Waals surface area contributed by atoms with Crippen molar-refractivity contribution in [2.75, 3.05) is 80.0 Å². The van der Waals surface area contributed by atoms with E-state index >= 15 is 0 Å². The van der Waals surface area contributed by atoms with Crippen molar-refractivity contribution in [1.29, 1.82) is 0 Å². The van der Waals surface area contributed by atoms with E-state index in [2.05, 4.69) is 83.5 Å².